The van der Waals surface area contributed by atoms with E-state index in [9.17, 15) is 9.59 Å². The second kappa shape index (κ2) is 6.77. The summed E-state index contributed by atoms with van der Waals surface area (Å²) < 4.78 is 0. The number of nitrogens with one attached hydrogen (secondary N) is 1. The van der Waals surface area contributed by atoms with E-state index in [1.54, 1.807) is 6.92 Å². The number of carbonyl (C=O) groups excluding carboxylic acids is 1. The van der Waals surface area contributed by atoms with Crippen molar-refractivity contribution in [2.24, 2.45) is 0 Å². The van der Waals surface area contributed by atoms with Gasteiger partial charge in [-0.1, -0.05) is 6.92 Å². The van der Waals surface area contributed by atoms with Crippen LogP contribution in [0.4, 0.5) is 0 Å². The van der Waals surface area contributed by atoms with Gasteiger partial charge in [-0.3, -0.25) is 9.59 Å². The molecule has 0 aliphatic heterocycles. The van der Waals surface area contributed by atoms with Crippen LogP contribution in [0.25, 0.3) is 0 Å². The van der Waals surface area contributed by atoms with E-state index in [2.05, 4.69) is 5.32 Å². The van der Waals surface area contributed by atoms with E-state index in [0.29, 0.717) is 6.42 Å². The molecule has 0 rings (SSSR count). The Morgan fingerprint density at radius 2 is 2.15 bits per heavy atom. The molecular formula is C8H15NO3S. The fraction of sp³-hybridized carbons (Fsp3) is 0.750. The van der Waals surface area contributed by atoms with Crippen LogP contribution in [0.3, 0.4) is 0 Å². The molecule has 0 fully saturated rings. The van der Waals surface area contributed by atoms with Crippen molar-refractivity contribution in [3.05, 3.63) is 0 Å². The van der Waals surface area contributed by atoms with Crippen LogP contribution in [0.2, 0.25) is 0 Å². The molecule has 0 saturated carbocycles. The Kier molecular flexibility index (Phi) is 6.40. The highest BCUT2D eigenvalue weighted by molar-refractivity contribution is 8.00. The maximum absolute atomic E-state index is 11.0. The highest BCUT2D eigenvalue weighted by Gasteiger charge is 2.08. The molecule has 0 aromatic carbocycles. The standard InChI is InChI=1S/C8H15NO3S/c1-3-4-7(10)9-6(2)13-5-8(11)12/h6H,3-5H2,1-2H3,(H,9,10)(H,11,12). The lowest BCUT2D eigenvalue weighted by Crippen LogP contribution is -2.30. The van der Waals surface area contributed by atoms with E-state index in [4.69, 9.17) is 5.11 Å². The van der Waals surface area contributed by atoms with Crippen molar-refractivity contribution >= 4 is 23.6 Å². The van der Waals surface area contributed by atoms with Crippen molar-refractivity contribution in [2.75, 3.05) is 5.75 Å². The van der Waals surface area contributed by atoms with Gasteiger partial charge in [0.2, 0.25) is 5.91 Å². The summed E-state index contributed by atoms with van der Waals surface area (Å²) in [6.45, 7) is 3.70. The summed E-state index contributed by atoms with van der Waals surface area (Å²) in [5, 5.41) is 10.9. The van der Waals surface area contributed by atoms with Crippen LogP contribution in [0.1, 0.15) is 26.7 Å². The molecule has 0 aromatic heterocycles. The number of hydrogen-bond acceptors (Lipinski definition) is 3. The lowest BCUT2D eigenvalue weighted by Gasteiger charge is -2.11. The maximum Gasteiger partial charge on any atom is 0.313 e. The zero-order chi connectivity index (χ0) is 10.3. The summed E-state index contributed by atoms with van der Waals surface area (Å²) >= 11 is 1.21. The Labute approximate surface area is 82.1 Å². The van der Waals surface area contributed by atoms with Crippen molar-refractivity contribution < 1.29 is 14.7 Å². The third kappa shape index (κ3) is 7.64. The molecule has 0 aliphatic carbocycles. The molecule has 0 aliphatic rings. The van der Waals surface area contributed by atoms with Crippen LogP contribution in [-0.4, -0.2) is 28.1 Å². The van der Waals surface area contributed by atoms with Gasteiger partial charge in [0, 0.05) is 6.42 Å². The number of thioether (sulfide) groups is 1. The van der Waals surface area contributed by atoms with Gasteiger partial charge in [0.15, 0.2) is 0 Å². The predicted molar refractivity (Wildman–Crippen MR) is 52.6 cm³/mol. The Morgan fingerprint density at radius 3 is 2.62 bits per heavy atom. The van der Waals surface area contributed by atoms with E-state index in [1.807, 2.05) is 6.92 Å². The first kappa shape index (κ1) is 12.3. The minimum atomic E-state index is -0.860. The molecule has 0 saturated heterocycles. The summed E-state index contributed by atoms with van der Waals surface area (Å²) in [6, 6.07) is 0. The Hall–Kier alpha value is -0.710. The molecule has 0 spiro atoms. The van der Waals surface area contributed by atoms with Crippen molar-refractivity contribution in [2.45, 2.75) is 32.1 Å². The fourth-order valence-electron chi connectivity index (χ4n) is 0.764. The van der Waals surface area contributed by atoms with E-state index in [1.165, 1.54) is 11.8 Å². The summed E-state index contributed by atoms with van der Waals surface area (Å²) in [6.07, 6.45) is 1.31. The van der Waals surface area contributed by atoms with E-state index >= 15 is 0 Å². The van der Waals surface area contributed by atoms with Gasteiger partial charge in [0.05, 0.1) is 11.1 Å². The SMILES string of the molecule is CCCC(=O)NC(C)SCC(=O)O. The Bertz CT molecular complexity index is 184. The molecule has 1 unspecified atom stereocenters. The second-order valence-electron chi connectivity index (χ2n) is 2.66. The normalized spacial score (nSPS) is 12.2. The summed E-state index contributed by atoms with van der Waals surface area (Å²) in [5.74, 6) is -0.859. The number of carboxylic acids is 1. The average molecular weight is 205 g/mol. The van der Waals surface area contributed by atoms with Crippen LogP contribution < -0.4 is 5.32 Å². The average Bonchev–Trinajstić information content (AvgIpc) is 2.01. The van der Waals surface area contributed by atoms with E-state index < -0.39 is 5.97 Å². The van der Waals surface area contributed by atoms with E-state index in [-0.39, 0.29) is 17.0 Å². The number of aliphatic carboxylic acids is 1. The molecule has 5 heteroatoms. The molecule has 76 valence electrons. The topological polar surface area (TPSA) is 66.4 Å². The number of hydrogen-bond donors (Lipinski definition) is 2. The molecule has 1 amide bonds. The summed E-state index contributed by atoms with van der Waals surface area (Å²) in [5.41, 5.74) is 0. The highest BCUT2D eigenvalue weighted by Crippen LogP contribution is 2.06. The van der Waals surface area contributed by atoms with E-state index in [0.717, 1.165) is 6.42 Å². The fourth-order valence-corrected chi connectivity index (χ4v) is 1.37. The van der Waals surface area contributed by atoms with Crippen LogP contribution in [-0.2, 0) is 9.59 Å². The third-order valence-electron chi connectivity index (χ3n) is 1.30. The molecule has 0 heterocycles. The minimum absolute atomic E-state index is 0.0205. The first-order valence-electron chi connectivity index (χ1n) is 4.19. The van der Waals surface area contributed by atoms with Gasteiger partial charge in [-0.15, -0.1) is 11.8 Å². The molecule has 4 nitrogen and oxygen atoms in total. The molecule has 0 bridgehead atoms. The number of rotatable bonds is 6. The molecule has 2 N–H and O–H groups in total. The van der Waals surface area contributed by atoms with Gasteiger partial charge in [0.25, 0.3) is 0 Å². The van der Waals surface area contributed by atoms with Crippen molar-refractivity contribution in [1.29, 1.82) is 0 Å². The molecule has 0 radical (unpaired) electrons. The Balaban J connectivity index is 3.55. The van der Waals surface area contributed by atoms with Crippen LogP contribution in [0, 0.1) is 0 Å². The number of carboxylic acid groups (broad SMARTS) is 1. The van der Waals surface area contributed by atoms with Crippen LogP contribution in [0.15, 0.2) is 0 Å². The number of amides is 1. The first-order chi connectivity index (χ1) is 6.06. The van der Waals surface area contributed by atoms with Crippen molar-refractivity contribution in [1.82, 2.24) is 5.32 Å². The van der Waals surface area contributed by atoms with Gasteiger partial charge < -0.3 is 10.4 Å². The largest absolute Gasteiger partial charge is 0.481 e. The summed E-state index contributed by atoms with van der Waals surface area (Å²) in [7, 11) is 0. The monoisotopic (exact) mass is 205 g/mol. The maximum atomic E-state index is 11.0. The molecular weight excluding hydrogens is 190 g/mol. The van der Waals surface area contributed by atoms with Crippen molar-refractivity contribution in [3.8, 4) is 0 Å². The van der Waals surface area contributed by atoms with Gasteiger partial charge in [-0.25, -0.2) is 0 Å². The zero-order valence-corrected chi connectivity index (χ0v) is 8.69. The molecule has 13 heavy (non-hydrogen) atoms. The van der Waals surface area contributed by atoms with Gasteiger partial charge in [-0.05, 0) is 13.3 Å². The minimum Gasteiger partial charge on any atom is -0.481 e. The number of carbonyl (C=O) groups is 2. The first-order valence-corrected chi connectivity index (χ1v) is 5.24. The van der Waals surface area contributed by atoms with Gasteiger partial charge in [0.1, 0.15) is 0 Å². The smallest absolute Gasteiger partial charge is 0.313 e. The van der Waals surface area contributed by atoms with Gasteiger partial charge >= 0.3 is 5.97 Å². The van der Waals surface area contributed by atoms with Crippen LogP contribution >= 0.6 is 11.8 Å². The second-order valence-corrected chi connectivity index (χ2v) is 3.99. The van der Waals surface area contributed by atoms with Gasteiger partial charge in [-0.2, -0.15) is 0 Å². The predicted octanol–water partition coefficient (Wildman–Crippen LogP) is 1.07. The molecule has 1 atom stereocenters. The third-order valence-corrected chi connectivity index (χ3v) is 2.33. The zero-order valence-electron chi connectivity index (χ0n) is 7.87. The Morgan fingerprint density at radius 1 is 1.54 bits per heavy atom. The lowest BCUT2D eigenvalue weighted by atomic mass is 10.3. The van der Waals surface area contributed by atoms with Crippen molar-refractivity contribution in [3.63, 3.8) is 0 Å². The molecule has 0 aromatic rings. The van der Waals surface area contributed by atoms with Crippen LogP contribution in [0.5, 0.6) is 0 Å². The highest BCUT2D eigenvalue weighted by atomic mass is 32.2. The lowest BCUT2D eigenvalue weighted by molar-refractivity contribution is -0.134. The quantitative estimate of drug-likeness (QED) is 0.636. The summed E-state index contributed by atoms with van der Waals surface area (Å²) in [4.78, 5) is 21.2.